The second-order valence-electron chi connectivity index (χ2n) is 5.60. The first-order valence-electron chi connectivity index (χ1n) is 7.82. The lowest BCUT2D eigenvalue weighted by Gasteiger charge is -2.12. The molecule has 132 valence electrons. The third-order valence-electron chi connectivity index (χ3n) is 3.20. The van der Waals surface area contributed by atoms with Gasteiger partial charge in [0.2, 0.25) is 0 Å². The summed E-state index contributed by atoms with van der Waals surface area (Å²) in [6.07, 6.45) is 0.197. The Morgan fingerprint density at radius 1 is 1.08 bits per heavy atom. The summed E-state index contributed by atoms with van der Waals surface area (Å²) in [6, 6.07) is 12.4. The van der Waals surface area contributed by atoms with Crippen LogP contribution in [0, 0.1) is 6.92 Å². The van der Waals surface area contributed by atoms with Crippen LogP contribution in [-0.4, -0.2) is 19.1 Å². The lowest BCUT2D eigenvalue weighted by molar-refractivity contribution is 0.242. The Kier molecular flexibility index (Phi) is 9.13. The molecule has 6 heteroatoms. The monoisotopic (exact) mass is 459 g/mol. The highest BCUT2D eigenvalue weighted by molar-refractivity contribution is 14.0. The maximum atomic E-state index is 5.65. The molecule has 2 rings (SSSR count). The summed E-state index contributed by atoms with van der Waals surface area (Å²) in [5.74, 6) is 1.71. The molecule has 1 aromatic heterocycles. The Bertz CT molecular complexity index is 638. The fourth-order valence-corrected chi connectivity index (χ4v) is 2.95. The number of benzene rings is 1. The first-order valence-corrected chi connectivity index (χ1v) is 8.64. The van der Waals surface area contributed by atoms with Crippen molar-refractivity contribution in [2.45, 2.75) is 40.0 Å². The second kappa shape index (κ2) is 10.6. The number of halogens is 1. The lowest BCUT2D eigenvalue weighted by atomic mass is 10.2. The molecule has 0 bridgehead atoms. The van der Waals surface area contributed by atoms with Crippen LogP contribution < -0.4 is 15.4 Å². The second-order valence-corrected chi connectivity index (χ2v) is 6.97. The third-order valence-corrected chi connectivity index (χ3v) is 4.21. The number of rotatable bonds is 6. The molecule has 1 aromatic carbocycles. The number of hydrogen-bond donors (Lipinski definition) is 2. The van der Waals surface area contributed by atoms with Gasteiger partial charge in [-0.05, 0) is 50.6 Å². The van der Waals surface area contributed by atoms with E-state index in [4.69, 9.17) is 4.74 Å². The molecule has 0 aliphatic heterocycles. The zero-order chi connectivity index (χ0) is 16.7. The predicted molar refractivity (Wildman–Crippen MR) is 114 cm³/mol. The van der Waals surface area contributed by atoms with Gasteiger partial charge in [-0.1, -0.05) is 12.1 Å². The van der Waals surface area contributed by atoms with Crippen molar-refractivity contribution in [3.8, 4) is 5.75 Å². The van der Waals surface area contributed by atoms with Gasteiger partial charge in [0.05, 0.1) is 12.6 Å². The van der Waals surface area contributed by atoms with E-state index in [0.717, 1.165) is 24.8 Å². The fourth-order valence-electron chi connectivity index (χ4n) is 2.12. The van der Waals surface area contributed by atoms with Crippen LogP contribution in [-0.2, 0) is 13.1 Å². The van der Waals surface area contributed by atoms with Gasteiger partial charge in [0.15, 0.2) is 5.96 Å². The normalized spacial score (nSPS) is 11.1. The van der Waals surface area contributed by atoms with Crippen LogP contribution >= 0.6 is 35.3 Å². The summed E-state index contributed by atoms with van der Waals surface area (Å²) in [4.78, 5) is 6.89. The molecule has 2 aromatic rings. The van der Waals surface area contributed by atoms with E-state index >= 15 is 0 Å². The SMILES string of the molecule is CN=C(NCc1ccc(OC(C)C)cc1)NCc1ccc(C)s1.I. The van der Waals surface area contributed by atoms with E-state index < -0.39 is 0 Å². The number of aliphatic imine (C=N–C) groups is 1. The van der Waals surface area contributed by atoms with E-state index in [2.05, 4.69) is 46.8 Å². The van der Waals surface area contributed by atoms with Gasteiger partial charge in [0.25, 0.3) is 0 Å². The molecule has 24 heavy (non-hydrogen) atoms. The Labute approximate surface area is 165 Å². The summed E-state index contributed by atoms with van der Waals surface area (Å²) < 4.78 is 5.65. The van der Waals surface area contributed by atoms with E-state index in [9.17, 15) is 0 Å². The predicted octanol–water partition coefficient (Wildman–Crippen LogP) is 4.33. The molecule has 2 N–H and O–H groups in total. The van der Waals surface area contributed by atoms with Gasteiger partial charge in [-0.15, -0.1) is 35.3 Å². The molecule has 0 unspecified atom stereocenters. The van der Waals surface area contributed by atoms with Crippen molar-refractivity contribution < 1.29 is 4.74 Å². The maximum Gasteiger partial charge on any atom is 0.191 e. The first kappa shape index (κ1) is 20.8. The number of ether oxygens (including phenoxy) is 1. The van der Waals surface area contributed by atoms with Gasteiger partial charge in [0, 0.05) is 23.3 Å². The van der Waals surface area contributed by atoms with E-state index in [-0.39, 0.29) is 30.1 Å². The fraction of sp³-hybridized carbons (Fsp3) is 0.389. The molecule has 0 aliphatic rings. The molecule has 4 nitrogen and oxygen atoms in total. The minimum absolute atomic E-state index is 0. The van der Waals surface area contributed by atoms with Crippen molar-refractivity contribution in [2.75, 3.05) is 7.05 Å². The van der Waals surface area contributed by atoms with Crippen LogP contribution in [0.25, 0.3) is 0 Å². The number of hydrogen-bond acceptors (Lipinski definition) is 3. The number of aryl methyl sites for hydroxylation is 1. The molecular formula is C18H26IN3OS. The molecular weight excluding hydrogens is 433 g/mol. The highest BCUT2D eigenvalue weighted by atomic mass is 127. The zero-order valence-corrected chi connectivity index (χ0v) is 17.8. The van der Waals surface area contributed by atoms with Crippen LogP contribution in [0.2, 0.25) is 0 Å². The molecule has 0 aliphatic carbocycles. The molecule has 1 heterocycles. The van der Waals surface area contributed by atoms with Crippen LogP contribution in [0.1, 0.15) is 29.2 Å². The number of guanidine groups is 1. The molecule has 0 saturated carbocycles. The summed E-state index contributed by atoms with van der Waals surface area (Å²) in [7, 11) is 1.79. The lowest BCUT2D eigenvalue weighted by Crippen LogP contribution is -2.36. The molecule has 0 fully saturated rings. The number of nitrogens with one attached hydrogen (secondary N) is 2. The Balaban J connectivity index is 0.00000288. The minimum atomic E-state index is 0. The van der Waals surface area contributed by atoms with Gasteiger partial charge < -0.3 is 15.4 Å². The van der Waals surface area contributed by atoms with Crippen molar-refractivity contribution in [2.24, 2.45) is 4.99 Å². The van der Waals surface area contributed by atoms with Crippen LogP contribution in [0.15, 0.2) is 41.4 Å². The van der Waals surface area contributed by atoms with Gasteiger partial charge in [-0.3, -0.25) is 4.99 Å². The summed E-state index contributed by atoms with van der Waals surface area (Å²) in [5, 5.41) is 6.66. The quantitative estimate of drug-likeness (QED) is 0.384. The van der Waals surface area contributed by atoms with Crippen LogP contribution in [0.5, 0.6) is 5.75 Å². The standard InChI is InChI=1S/C18H25N3OS.HI/c1-13(2)22-16-8-6-15(7-9-16)11-20-18(19-4)21-12-17-10-5-14(3)23-17;/h5-10,13H,11-12H2,1-4H3,(H2,19,20,21);1H. The van der Waals surface area contributed by atoms with Gasteiger partial charge in [-0.25, -0.2) is 0 Å². The average Bonchev–Trinajstić information content (AvgIpc) is 2.94. The smallest absolute Gasteiger partial charge is 0.191 e. The summed E-state index contributed by atoms with van der Waals surface area (Å²) in [5.41, 5.74) is 1.19. The Morgan fingerprint density at radius 2 is 1.75 bits per heavy atom. The highest BCUT2D eigenvalue weighted by Gasteiger charge is 2.02. The largest absolute Gasteiger partial charge is 0.491 e. The van der Waals surface area contributed by atoms with Crippen molar-refractivity contribution in [1.29, 1.82) is 0 Å². The topological polar surface area (TPSA) is 45.7 Å². The van der Waals surface area contributed by atoms with Gasteiger partial charge in [-0.2, -0.15) is 0 Å². The van der Waals surface area contributed by atoms with E-state index in [0.29, 0.717) is 0 Å². The van der Waals surface area contributed by atoms with Crippen molar-refractivity contribution in [3.05, 3.63) is 51.7 Å². The van der Waals surface area contributed by atoms with Crippen molar-refractivity contribution >= 4 is 41.3 Å². The highest BCUT2D eigenvalue weighted by Crippen LogP contribution is 2.15. The van der Waals surface area contributed by atoms with Crippen LogP contribution in [0.4, 0.5) is 0 Å². The molecule has 0 atom stereocenters. The van der Waals surface area contributed by atoms with E-state index in [1.54, 1.807) is 18.4 Å². The molecule has 0 amide bonds. The molecule has 0 spiro atoms. The van der Waals surface area contributed by atoms with E-state index in [1.165, 1.54) is 15.3 Å². The van der Waals surface area contributed by atoms with Crippen LogP contribution in [0.3, 0.4) is 0 Å². The van der Waals surface area contributed by atoms with Crippen molar-refractivity contribution in [1.82, 2.24) is 10.6 Å². The maximum absolute atomic E-state index is 5.65. The average molecular weight is 459 g/mol. The Hall–Kier alpha value is -1.28. The summed E-state index contributed by atoms with van der Waals surface area (Å²) >= 11 is 1.80. The summed E-state index contributed by atoms with van der Waals surface area (Å²) in [6.45, 7) is 7.69. The minimum Gasteiger partial charge on any atom is -0.491 e. The van der Waals surface area contributed by atoms with Gasteiger partial charge >= 0.3 is 0 Å². The Morgan fingerprint density at radius 3 is 2.29 bits per heavy atom. The third kappa shape index (κ3) is 7.09. The van der Waals surface area contributed by atoms with Gasteiger partial charge in [0.1, 0.15) is 5.75 Å². The molecule has 0 radical (unpaired) electrons. The number of nitrogens with zero attached hydrogens (tertiary/aromatic N) is 1. The molecule has 0 saturated heterocycles. The first-order chi connectivity index (χ1) is 11.1. The zero-order valence-electron chi connectivity index (χ0n) is 14.6. The van der Waals surface area contributed by atoms with E-state index in [1.807, 2.05) is 26.0 Å². The van der Waals surface area contributed by atoms with Crippen molar-refractivity contribution in [3.63, 3.8) is 0 Å². The number of thiophene rings is 1.